The van der Waals surface area contributed by atoms with Gasteiger partial charge in [-0.25, -0.2) is 0 Å². The number of hydrazone groups is 1. The summed E-state index contributed by atoms with van der Waals surface area (Å²) in [6, 6.07) is 19.0. The highest BCUT2D eigenvalue weighted by Crippen LogP contribution is 2.39. The predicted molar refractivity (Wildman–Crippen MR) is 130 cm³/mol. The van der Waals surface area contributed by atoms with E-state index in [0.717, 1.165) is 17.2 Å². The van der Waals surface area contributed by atoms with E-state index in [0.29, 0.717) is 29.4 Å². The Morgan fingerprint density at radius 1 is 1.11 bits per heavy atom. The summed E-state index contributed by atoms with van der Waals surface area (Å²) in [6.07, 6.45) is -4.91. The minimum atomic E-state index is -4.91. The van der Waals surface area contributed by atoms with Gasteiger partial charge in [0.2, 0.25) is 5.91 Å². The van der Waals surface area contributed by atoms with Crippen molar-refractivity contribution < 1.29 is 31.5 Å². The number of alkyl halides is 5. The monoisotopic (exact) mass is 537 g/mol. The molecule has 0 saturated carbocycles. The molecule has 0 aromatic heterocycles. The SMILES string of the molecule is CC1(c2ccccc2)CN(CC(=O)Nc2ccc(C(F)(F)F)c(OC(F)F)c2)N=C1c1ccc(Cl)cc1. The first-order chi connectivity index (χ1) is 17.5. The van der Waals surface area contributed by atoms with E-state index in [4.69, 9.17) is 11.6 Å². The van der Waals surface area contributed by atoms with E-state index in [1.807, 2.05) is 49.4 Å². The zero-order valence-electron chi connectivity index (χ0n) is 19.4. The second kappa shape index (κ2) is 10.4. The molecule has 11 heteroatoms. The number of anilines is 1. The van der Waals surface area contributed by atoms with Crippen molar-refractivity contribution in [3.63, 3.8) is 0 Å². The number of halogens is 6. The Balaban J connectivity index is 1.56. The summed E-state index contributed by atoms with van der Waals surface area (Å²) in [6.45, 7) is -1.36. The van der Waals surface area contributed by atoms with Crippen molar-refractivity contribution >= 4 is 28.9 Å². The largest absolute Gasteiger partial charge is 0.434 e. The number of nitrogens with one attached hydrogen (secondary N) is 1. The topological polar surface area (TPSA) is 53.9 Å². The summed E-state index contributed by atoms with van der Waals surface area (Å²) in [5, 5.41) is 9.22. The first-order valence-electron chi connectivity index (χ1n) is 11.1. The van der Waals surface area contributed by atoms with Gasteiger partial charge in [-0.15, -0.1) is 0 Å². The summed E-state index contributed by atoms with van der Waals surface area (Å²) in [5.74, 6) is -1.68. The Kier molecular flexibility index (Phi) is 7.40. The maximum Gasteiger partial charge on any atom is 0.419 e. The van der Waals surface area contributed by atoms with Gasteiger partial charge >= 0.3 is 12.8 Å². The zero-order chi connectivity index (χ0) is 26.8. The van der Waals surface area contributed by atoms with Crippen molar-refractivity contribution in [2.45, 2.75) is 25.1 Å². The third-order valence-corrected chi connectivity index (χ3v) is 6.16. The molecule has 1 aliphatic heterocycles. The lowest BCUT2D eigenvalue weighted by atomic mass is 9.76. The van der Waals surface area contributed by atoms with E-state index < -0.39 is 35.4 Å². The van der Waals surface area contributed by atoms with Gasteiger partial charge in [-0.05, 0) is 42.3 Å². The van der Waals surface area contributed by atoms with Crippen LogP contribution in [0.2, 0.25) is 5.02 Å². The third-order valence-electron chi connectivity index (χ3n) is 5.90. The molecule has 4 rings (SSSR count). The molecule has 3 aromatic rings. The summed E-state index contributed by atoms with van der Waals surface area (Å²) in [7, 11) is 0. The van der Waals surface area contributed by atoms with E-state index in [9.17, 15) is 26.7 Å². The van der Waals surface area contributed by atoms with Crippen molar-refractivity contribution in [1.29, 1.82) is 0 Å². The van der Waals surface area contributed by atoms with Gasteiger partial charge in [0.05, 0.1) is 23.2 Å². The number of rotatable bonds is 7. The number of nitrogens with zero attached hydrogens (tertiary/aromatic N) is 2. The maximum atomic E-state index is 13.1. The standard InChI is InChI=1S/C26H21ClF5N3O2/c1-25(17-5-3-2-4-6-17)15-35(34-23(25)16-7-9-18(27)10-8-16)14-22(36)33-19-11-12-20(26(30,31)32)21(13-19)37-24(28)29/h2-13,24H,14-15H2,1H3,(H,33,36). The van der Waals surface area contributed by atoms with Gasteiger partial charge in [-0.2, -0.15) is 27.1 Å². The van der Waals surface area contributed by atoms with Gasteiger partial charge in [0.1, 0.15) is 12.3 Å². The van der Waals surface area contributed by atoms with Crippen LogP contribution in [0.3, 0.4) is 0 Å². The van der Waals surface area contributed by atoms with Crippen LogP contribution in [-0.4, -0.2) is 36.3 Å². The van der Waals surface area contributed by atoms with Crippen LogP contribution in [0.5, 0.6) is 5.75 Å². The van der Waals surface area contributed by atoms with E-state index in [1.165, 1.54) is 0 Å². The van der Waals surface area contributed by atoms with Crippen molar-refractivity contribution in [1.82, 2.24) is 5.01 Å². The van der Waals surface area contributed by atoms with Crippen molar-refractivity contribution in [3.8, 4) is 5.75 Å². The minimum absolute atomic E-state index is 0.124. The Bertz CT molecular complexity index is 1300. The fourth-order valence-electron chi connectivity index (χ4n) is 4.23. The van der Waals surface area contributed by atoms with Gasteiger partial charge < -0.3 is 10.1 Å². The van der Waals surface area contributed by atoms with Crippen molar-refractivity contribution in [2.24, 2.45) is 5.10 Å². The van der Waals surface area contributed by atoms with Gasteiger partial charge in [-0.1, -0.05) is 54.1 Å². The Labute approximate surface area is 214 Å². The smallest absolute Gasteiger partial charge is 0.419 e. The van der Waals surface area contributed by atoms with Crippen LogP contribution < -0.4 is 10.1 Å². The van der Waals surface area contributed by atoms with Crippen LogP contribution >= 0.6 is 11.6 Å². The van der Waals surface area contributed by atoms with Crippen LogP contribution in [0.1, 0.15) is 23.6 Å². The Morgan fingerprint density at radius 3 is 2.41 bits per heavy atom. The molecule has 37 heavy (non-hydrogen) atoms. The molecule has 1 unspecified atom stereocenters. The van der Waals surface area contributed by atoms with Gasteiger partial charge in [0.15, 0.2) is 0 Å². The molecular weight excluding hydrogens is 517 g/mol. The molecule has 0 spiro atoms. The number of ether oxygens (including phenoxy) is 1. The van der Waals surface area contributed by atoms with E-state index in [-0.39, 0.29) is 12.2 Å². The van der Waals surface area contributed by atoms with Gasteiger partial charge in [0.25, 0.3) is 0 Å². The second-order valence-electron chi connectivity index (χ2n) is 8.61. The number of hydrogen-bond donors (Lipinski definition) is 1. The summed E-state index contributed by atoms with van der Waals surface area (Å²) >= 11 is 6.04. The van der Waals surface area contributed by atoms with Crippen LogP contribution in [-0.2, 0) is 16.4 Å². The quantitative estimate of drug-likeness (QED) is 0.347. The van der Waals surface area contributed by atoms with Gasteiger partial charge in [-0.3, -0.25) is 9.80 Å². The van der Waals surface area contributed by atoms with Crippen LogP contribution in [0.15, 0.2) is 77.9 Å². The number of carbonyl (C=O) groups excluding carboxylic acids is 1. The third kappa shape index (κ3) is 6.02. The highest BCUT2D eigenvalue weighted by Gasteiger charge is 2.41. The van der Waals surface area contributed by atoms with E-state index in [1.54, 1.807) is 17.1 Å². The summed E-state index contributed by atoms with van der Waals surface area (Å²) < 4.78 is 68.7. The number of amides is 1. The lowest BCUT2D eigenvalue weighted by molar-refractivity contribution is -0.141. The van der Waals surface area contributed by atoms with E-state index >= 15 is 0 Å². The summed E-state index contributed by atoms with van der Waals surface area (Å²) in [4.78, 5) is 12.8. The van der Waals surface area contributed by atoms with Crippen LogP contribution in [0.4, 0.5) is 27.6 Å². The molecule has 0 fully saturated rings. The molecule has 0 aliphatic carbocycles. The van der Waals surface area contributed by atoms with Crippen LogP contribution in [0.25, 0.3) is 0 Å². The fourth-order valence-corrected chi connectivity index (χ4v) is 4.36. The molecule has 1 N–H and O–H groups in total. The van der Waals surface area contributed by atoms with Gasteiger partial charge in [0, 0.05) is 16.8 Å². The molecular formula is C26H21ClF5N3O2. The molecule has 3 aromatic carbocycles. The number of hydrogen-bond acceptors (Lipinski definition) is 4. The molecule has 1 atom stereocenters. The molecule has 1 heterocycles. The summed E-state index contributed by atoms with van der Waals surface area (Å²) in [5.41, 5.74) is 0.424. The molecule has 0 saturated heterocycles. The number of carbonyl (C=O) groups is 1. The van der Waals surface area contributed by atoms with E-state index in [2.05, 4.69) is 15.2 Å². The second-order valence-corrected chi connectivity index (χ2v) is 9.05. The minimum Gasteiger partial charge on any atom is -0.434 e. The molecule has 0 bridgehead atoms. The lowest BCUT2D eigenvalue weighted by Gasteiger charge is -2.27. The van der Waals surface area contributed by atoms with Crippen molar-refractivity contribution in [3.05, 3.63) is 94.5 Å². The lowest BCUT2D eigenvalue weighted by Crippen LogP contribution is -2.38. The zero-order valence-corrected chi connectivity index (χ0v) is 20.2. The average Bonchev–Trinajstić information content (AvgIpc) is 3.16. The highest BCUT2D eigenvalue weighted by molar-refractivity contribution is 6.30. The van der Waals surface area contributed by atoms with Crippen molar-refractivity contribution in [2.75, 3.05) is 18.4 Å². The molecule has 194 valence electrons. The maximum absolute atomic E-state index is 13.1. The molecule has 5 nitrogen and oxygen atoms in total. The average molecular weight is 538 g/mol. The first kappa shape index (κ1) is 26.4. The predicted octanol–water partition coefficient (Wildman–Crippen LogP) is 6.58. The first-order valence-corrected chi connectivity index (χ1v) is 11.4. The molecule has 0 radical (unpaired) electrons. The normalized spacial score (nSPS) is 17.6. The molecule has 1 amide bonds. The molecule has 1 aliphatic rings. The fraction of sp³-hybridized carbons (Fsp3) is 0.231. The highest BCUT2D eigenvalue weighted by atomic mass is 35.5. The van der Waals surface area contributed by atoms with Crippen LogP contribution in [0, 0.1) is 0 Å². The Hall–Kier alpha value is -3.66. The number of benzene rings is 3. The Morgan fingerprint density at radius 2 is 1.78 bits per heavy atom.